The third-order valence-electron chi connectivity index (χ3n) is 7.53. The molecule has 0 aromatic rings. The first-order valence-electron chi connectivity index (χ1n) is 10.9. The van der Waals surface area contributed by atoms with E-state index in [2.05, 4.69) is 18.7 Å². The smallest absolute Gasteiger partial charge is 0.409 e. The number of fused-ring (bicyclic) bond motifs is 2. The lowest BCUT2D eigenvalue weighted by atomic mass is 9.59. The molecule has 28 heavy (non-hydrogen) atoms. The van der Waals surface area contributed by atoms with Gasteiger partial charge in [0.25, 0.3) is 0 Å². The Labute approximate surface area is 168 Å². The lowest BCUT2D eigenvalue weighted by molar-refractivity contribution is -0.145. The molecule has 0 aromatic carbocycles. The molecule has 2 heterocycles. The predicted octanol–water partition coefficient (Wildman–Crippen LogP) is 3.22. The zero-order valence-corrected chi connectivity index (χ0v) is 17.5. The van der Waals surface area contributed by atoms with Crippen LogP contribution in [0.3, 0.4) is 0 Å². The average Bonchev–Trinajstić information content (AvgIpc) is 2.95. The van der Waals surface area contributed by atoms with Crippen molar-refractivity contribution < 1.29 is 19.1 Å². The van der Waals surface area contributed by atoms with Crippen LogP contribution in [-0.4, -0.2) is 67.3 Å². The zero-order chi connectivity index (χ0) is 19.9. The number of amides is 1. The molecule has 2 aliphatic carbocycles. The second-order valence-corrected chi connectivity index (χ2v) is 9.31. The summed E-state index contributed by atoms with van der Waals surface area (Å²) in [5.41, 5.74) is 3.38. The maximum Gasteiger partial charge on any atom is 0.409 e. The molecule has 6 nitrogen and oxygen atoms in total. The monoisotopic (exact) mass is 390 g/mol. The first-order chi connectivity index (χ1) is 13.4. The highest BCUT2D eigenvalue weighted by molar-refractivity contribution is 5.76. The second kappa shape index (κ2) is 7.69. The highest BCUT2D eigenvalue weighted by atomic mass is 16.6. The number of hydrogen-bond donors (Lipinski definition) is 0. The molecule has 1 saturated carbocycles. The SMILES string of the molecule is CCOC(=O)N1CCN(CC2C(=O)O[C@@H]3C[C@@]4(C)CCCC(C)=C4C[C@H]23)CC1. The summed E-state index contributed by atoms with van der Waals surface area (Å²) in [4.78, 5) is 28.7. The van der Waals surface area contributed by atoms with E-state index < -0.39 is 0 Å². The predicted molar refractivity (Wildman–Crippen MR) is 106 cm³/mol. The van der Waals surface area contributed by atoms with Crippen molar-refractivity contribution in [3.8, 4) is 0 Å². The topological polar surface area (TPSA) is 59.1 Å². The van der Waals surface area contributed by atoms with Gasteiger partial charge in [0.05, 0.1) is 12.5 Å². The molecule has 1 amide bonds. The van der Waals surface area contributed by atoms with Crippen molar-refractivity contribution in [2.45, 2.75) is 59.0 Å². The quantitative estimate of drug-likeness (QED) is 0.547. The fourth-order valence-electron chi connectivity index (χ4n) is 5.93. The number of allylic oxidation sites excluding steroid dienone is 2. The summed E-state index contributed by atoms with van der Waals surface area (Å²) in [6, 6.07) is 0. The minimum Gasteiger partial charge on any atom is -0.462 e. The van der Waals surface area contributed by atoms with Gasteiger partial charge in [-0.05, 0) is 51.4 Å². The molecule has 156 valence electrons. The average molecular weight is 391 g/mol. The molecule has 4 aliphatic rings. The van der Waals surface area contributed by atoms with E-state index >= 15 is 0 Å². The number of piperazine rings is 1. The van der Waals surface area contributed by atoms with Crippen molar-refractivity contribution in [2.75, 3.05) is 39.3 Å². The van der Waals surface area contributed by atoms with Crippen LogP contribution in [0.15, 0.2) is 11.1 Å². The number of nitrogens with zero attached hydrogens (tertiary/aromatic N) is 2. The van der Waals surface area contributed by atoms with E-state index in [-0.39, 0.29) is 29.5 Å². The molecule has 6 heteroatoms. The number of carbonyl (C=O) groups is 2. The molecular weight excluding hydrogens is 356 g/mol. The van der Waals surface area contributed by atoms with E-state index in [4.69, 9.17) is 9.47 Å². The molecule has 2 saturated heterocycles. The molecule has 0 aromatic heterocycles. The largest absolute Gasteiger partial charge is 0.462 e. The van der Waals surface area contributed by atoms with Crippen LogP contribution in [0.1, 0.15) is 52.9 Å². The minimum absolute atomic E-state index is 0.0108. The Morgan fingerprint density at radius 1 is 1.29 bits per heavy atom. The summed E-state index contributed by atoms with van der Waals surface area (Å²) in [6.07, 6.45) is 5.55. The van der Waals surface area contributed by atoms with Gasteiger partial charge in [-0.25, -0.2) is 4.79 Å². The lowest BCUT2D eigenvalue weighted by Crippen LogP contribution is -2.51. The maximum absolute atomic E-state index is 12.7. The van der Waals surface area contributed by atoms with Gasteiger partial charge in [-0.1, -0.05) is 18.1 Å². The standard InChI is InChI=1S/C22H34N2O4/c1-4-27-21(26)24-10-8-23(9-11-24)14-17-16-12-18-15(2)6-5-7-22(18,3)13-19(16)28-20(17)25/h16-17,19H,4-14H2,1-3H3/t16-,17?,19-,22-/m1/s1. The molecule has 0 bridgehead atoms. The van der Waals surface area contributed by atoms with Crippen LogP contribution >= 0.6 is 0 Å². The zero-order valence-electron chi connectivity index (χ0n) is 17.5. The fourth-order valence-corrected chi connectivity index (χ4v) is 5.93. The van der Waals surface area contributed by atoms with Gasteiger partial charge < -0.3 is 14.4 Å². The highest BCUT2D eigenvalue weighted by Gasteiger charge is 2.53. The van der Waals surface area contributed by atoms with Gasteiger partial charge in [-0.2, -0.15) is 0 Å². The second-order valence-electron chi connectivity index (χ2n) is 9.31. The van der Waals surface area contributed by atoms with Gasteiger partial charge in [0.15, 0.2) is 0 Å². The highest BCUT2D eigenvalue weighted by Crippen LogP contribution is 2.55. The van der Waals surface area contributed by atoms with Crippen LogP contribution in [0.25, 0.3) is 0 Å². The summed E-state index contributed by atoms with van der Waals surface area (Å²) in [5, 5.41) is 0. The molecule has 0 radical (unpaired) electrons. The van der Waals surface area contributed by atoms with E-state index in [0.717, 1.165) is 32.5 Å². The van der Waals surface area contributed by atoms with E-state index in [1.807, 2.05) is 6.92 Å². The van der Waals surface area contributed by atoms with Crippen molar-refractivity contribution in [1.82, 2.24) is 9.80 Å². The van der Waals surface area contributed by atoms with Crippen LogP contribution < -0.4 is 0 Å². The Hall–Kier alpha value is -1.56. The Morgan fingerprint density at radius 3 is 2.75 bits per heavy atom. The van der Waals surface area contributed by atoms with E-state index in [0.29, 0.717) is 25.6 Å². The summed E-state index contributed by atoms with van der Waals surface area (Å²) in [6.45, 7) is 10.6. The first-order valence-corrected chi connectivity index (χ1v) is 10.9. The van der Waals surface area contributed by atoms with Crippen molar-refractivity contribution in [3.63, 3.8) is 0 Å². The van der Waals surface area contributed by atoms with Crippen LogP contribution in [0.4, 0.5) is 4.79 Å². The Kier molecular flexibility index (Phi) is 5.43. The van der Waals surface area contributed by atoms with Crippen molar-refractivity contribution in [1.29, 1.82) is 0 Å². The molecule has 0 N–H and O–H groups in total. The maximum atomic E-state index is 12.7. The number of ether oxygens (including phenoxy) is 2. The summed E-state index contributed by atoms with van der Waals surface area (Å²) in [7, 11) is 0. The van der Waals surface area contributed by atoms with Gasteiger partial charge >= 0.3 is 12.1 Å². The van der Waals surface area contributed by atoms with Gasteiger partial charge in [-0.3, -0.25) is 9.69 Å². The molecule has 4 atom stereocenters. The minimum atomic E-state index is -0.228. The van der Waals surface area contributed by atoms with Gasteiger partial charge in [0, 0.05) is 38.6 Å². The Balaban J connectivity index is 1.40. The first kappa shape index (κ1) is 19.7. The number of rotatable bonds is 3. The molecule has 0 spiro atoms. The summed E-state index contributed by atoms with van der Waals surface area (Å²) in [5.74, 6) is 0.265. The Bertz CT molecular complexity index is 667. The number of carbonyl (C=O) groups excluding carboxylic acids is 2. The van der Waals surface area contributed by atoms with Gasteiger partial charge in [0.1, 0.15) is 6.10 Å². The molecule has 1 unspecified atom stereocenters. The van der Waals surface area contributed by atoms with Crippen molar-refractivity contribution >= 4 is 12.1 Å². The van der Waals surface area contributed by atoms with Crippen LogP contribution in [0.2, 0.25) is 0 Å². The number of hydrogen-bond acceptors (Lipinski definition) is 5. The van der Waals surface area contributed by atoms with Crippen LogP contribution in [0, 0.1) is 17.3 Å². The molecule has 4 rings (SSSR count). The summed E-state index contributed by atoms with van der Waals surface area (Å²) < 4.78 is 11.0. The van der Waals surface area contributed by atoms with E-state index in [1.54, 1.807) is 16.0 Å². The third-order valence-corrected chi connectivity index (χ3v) is 7.53. The third kappa shape index (κ3) is 3.56. The van der Waals surface area contributed by atoms with Crippen LogP contribution in [0.5, 0.6) is 0 Å². The summed E-state index contributed by atoms with van der Waals surface area (Å²) >= 11 is 0. The van der Waals surface area contributed by atoms with Crippen molar-refractivity contribution in [3.05, 3.63) is 11.1 Å². The normalized spacial score (nSPS) is 36.0. The van der Waals surface area contributed by atoms with Gasteiger partial charge in [0.2, 0.25) is 0 Å². The fraction of sp³-hybridized carbons (Fsp3) is 0.818. The van der Waals surface area contributed by atoms with Crippen LogP contribution in [-0.2, 0) is 14.3 Å². The van der Waals surface area contributed by atoms with E-state index in [9.17, 15) is 9.59 Å². The molecular formula is C22H34N2O4. The van der Waals surface area contributed by atoms with Gasteiger partial charge in [-0.15, -0.1) is 0 Å². The molecule has 3 fully saturated rings. The molecule has 2 aliphatic heterocycles. The number of esters is 1. The lowest BCUT2D eigenvalue weighted by Gasteiger charge is -2.46. The van der Waals surface area contributed by atoms with Crippen molar-refractivity contribution in [2.24, 2.45) is 17.3 Å². The van der Waals surface area contributed by atoms with E-state index in [1.165, 1.54) is 19.3 Å². The Morgan fingerprint density at radius 2 is 2.04 bits per heavy atom.